The van der Waals surface area contributed by atoms with E-state index in [1.165, 1.54) is 10.8 Å². The molecule has 1 atom stereocenters. The van der Waals surface area contributed by atoms with Crippen molar-refractivity contribution in [2.75, 3.05) is 20.2 Å². The zero-order chi connectivity index (χ0) is 20.5. The molecule has 9 heteroatoms. The quantitative estimate of drug-likeness (QED) is 0.666. The Morgan fingerprint density at radius 2 is 2.03 bits per heavy atom. The van der Waals surface area contributed by atoms with Crippen LogP contribution in [-0.2, 0) is 18.4 Å². The first-order valence-corrected chi connectivity index (χ1v) is 9.43. The molecular weight excluding hydrogens is 374 g/mol. The van der Waals surface area contributed by atoms with Crippen LogP contribution >= 0.6 is 0 Å². The first-order chi connectivity index (χ1) is 14.0. The number of methoxy groups -OCH3 is 1. The Balaban J connectivity index is 1.55. The molecule has 3 aromatic rings. The summed E-state index contributed by atoms with van der Waals surface area (Å²) in [6.07, 6.45) is 2.08. The number of likely N-dealkylation sites (tertiary alicyclic amines) is 1. The highest BCUT2D eigenvalue weighted by atomic mass is 16.5. The summed E-state index contributed by atoms with van der Waals surface area (Å²) in [5, 5.41) is 0. The molecule has 3 heterocycles. The Labute approximate surface area is 167 Å². The molecule has 1 aliphatic rings. The number of aryl methyl sites for hydroxylation is 2. The minimum atomic E-state index is -0.447. The number of benzene rings is 1. The van der Waals surface area contributed by atoms with Gasteiger partial charge in [-0.25, -0.2) is 24.1 Å². The van der Waals surface area contributed by atoms with Crippen LogP contribution in [0.15, 0.2) is 35.3 Å². The highest BCUT2D eigenvalue weighted by Crippen LogP contribution is 2.20. The van der Waals surface area contributed by atoms with E-state index in [4.69, 9.17) is 9.47 Å². The van der Waals surface area contributed by atoms with Crippen molar-refractivity contribution in [3.63, 3.8) is 0 Å². The molecule has 0 aliphatic carbocycles. The highest BCUT2D eigenvalue weighted by Gasteiger charge is 2.31. The van der Waals surface area contributed by atoms with Crippen LogP contribution in [0.1, 0.15) is 17.8 Å². The number of hydrogen-bond donors (Lipinski definition) is 0. The fourth-order valence-electron chi connectivity index (χ4n) is 3.48. The molecule has 1 aromatic carbocycles. The minimum absolute atomic E-state index is 0.114. The zero-order valence-electron chi connectivity index (χ0n) is 16.7. The predicted octanol–water partition coefficient (Wildman–Crippen LogP) is 1.71. The summed E-state index contributed by atoms with van der Waals surface area (Å²) in [7, 11) is 3.13. The maximum Gasteiger partial charge on any atom is 0.338 e. The van der Waals surface area contributed by atoms with E-state index in [1.807, 2.05) is 31.2 Å². The van der Waals surface area contributed by atoms with Gasteiger partial charge in [0.15, 0.2) is 11.5 Å². The molecule has 0 bridgehead atoms. The standard InChI is InChI=1S/C20H23N5O4/c1-13-4-6-14(7-5-13)29-15-8-9-24(11-15)20(27)25-16-10-21-17(12-28-3)22-18(16)23(2)19(25)26/h4-7,10,15H,8-9,11-12H2,1-3H3/t15-/m0/s1. The van der Waals surface area contributed by atoms with E-state index >= 15 is 0 Å². The second-order valence-electron chi connectivity index (χ2n) is 7.18. The molecule has 1 saturated heterocycles. The van der Waals surface area contributed by atoms with Gasteiger partial charge >= 0.3 is 11.7 Å². The van der Waals surface area contributed by atoms with Crippen LogP contribution in [0.25, 0.3) is 11.2 Å². The van der Waals surface area contributed by atoms with Crippen molar-refractivity contribution in [3.05, 3.63) is 52.3 Å². The predicted molar refractivity (Wildman–Crippen MR) is 106 cm³/mol. The van der Waals surface area contributed by atoms with Crippen LogP contribution in [0.3, 0.4) is 0 Å². The zero-order valence-corrected chi connectivity index (χ0v) is 16.7. The summed E-state index contributed by atoms with van der Waals surface area (Å²) in [6.45, 7) is 3.18. The van der Waals surface area contributed by atoms with Crippen molar-refractivity contribution in [2.45, 2.75) is 26.1 Å². The molecule has 0 N–H and O–H groups in total. The Bertz CT molecular complexity index is 1100. The van der Waals surface area contributed by atoms with E-state index in [-0.39, 0.29) is 12.7 Å². The monoisotopic (exact) mass is 397 g/mol. The van der Waals surface area contributed by atoms with Gasteiger partial charge in [-0.3, -0.25) is 4.57 Å². The summed E-state index contributed by atoms with van der Waals surface area (Å²) in [6, 6.07) is 7.42. The van der Waals surface area contributed by atoms with Crippen molar-refractivity contribution in [2.24, 2.45) is 7.05 Å². The lowest BCUT2D eigenvalue weighted by Gasteiger charge is -2.17. The number of hydrogen-bond acceptors (Lipinski definition) is 6. The van der Waals surface area contributed by atoms with E-state index in [2.05, 4.69) is 9.97 Å². The SMILES string of the molecule is COCc1ncc2c(n1)n(C)c(=O)n2C(=O)N1CC[C@H](Oc2ccc(C)cc2)C1. The molecule has 29 heavy (non-hydrogen) atoms. The molecular formula is C20H23N5O4. The molecule has 0 saturated carbocycles. The lowest BCUT2D eigenvalue weighted by atomic mass is 10.2. The maximum atomic E-state index is 13.1. The Hall–Kier alpha value is -3.20. The van der Waals surface area contributed by atoms with E-state index in [1.54, 1.807) is 19.1 Å². The summed E-state index contributed by atoms with van der Waals surface area (Å²) in [5.41, 5.74) is 1.49. The molecule has 0 spiro atoms. The minimum Gasteiger partial charge on any atom is -0.489 e. The molecule has 1 fully saturated rings. The topological polar surface area (TPSA) is 91.5 Å². The van der Waals surface area contributed by atoms with Gasteiger partial charge in [0.25, 0.3) is 0 Å². The first-order valence-electron chi connectivity index (χ1n) is 9.43. The van der Waals surface area contributed by atoms with Crippen LogP contribution in [0, 0.1) is 6.92 Å². The second-order valence-corrected chi connectivity index (χ2v) is 7.18. The maximum absolute atomic E-state index is 13.1. The van der Waals surface area contributed by atoms with E-state index in [0.717, 1.165) is 15.9 Å². The average molecular weight is 397 g/mol. The van der Waals surface area contributed by atoms with Gasteiger partial charge in [0.1, 0.15) is 24.0 Å². The molecule has 1 amide bonds. The van der Waals surface area contributed by atoms with Gasteiger partial charge in [0, 0.05) is 27.1 Å². The van der Waals surface area contributed by atoms with Crippen molar-refractivity contribution in [1.82, 2.24) is 24.0 Å². The van der Waals surface area contributed by atoms with Gasteiger partial charge in [-0.05, 0) is 19.1 Å². The molecule has 0 unspecified atom stereocenters. The lowest BCUT2D eigenvalue weighted by Crippen LogP contribution is -2.39. The summed E-state index contributed by atoms with van der Waals surface area (Å²) < 4.78 is 13.5. The van der Waals surface area contributed by atoms with Gasteiger partial charge in [-0.15, -0.1) is 0 Å². The van der Waals surface area contributed by atoms with Crippen molar-refractivity contribution in [3.8, 4) is 5.75 Å². The average Bonchev–Trinajstić information content (AvgIpc) is 3.27. The number of ether oxygens (including phenoxy) is 2. The van der Waals surface area contributed by atoms with E-state index < -0.39 is 11.7 Å². The van der Waals surface area contributed by atoms with Crippen molar-refractivity contribution < 1.29 is 14.3 Å². The largest absolute Gasteiger partial charge is 0.489 e. The smallest absolute Gasteiger partial charge is 0.338 e. The number of carbonyl (C=O) groups is 1. The third kappa shape index (κ3) is 3.61. The third-order valence-corrected chi connectivity index (χ3v) is 5.04. The number of amides is 1. The fraction of sp³-hybridized carbons (Fsp3) is 0.400. The number of carbonyl (C=O) groups excluding carboxylic acids is 1. The fourth-order valence-corrected chi connectivity index (χ4v) is 3.48. The molecule has 0 radical (unpaired) electrons. The number of nitrogens with zero attached hydrogens (tertiary/aromatic N) is 5. The summed E-state index contributed by atoms with van der Waals surface area (Å²) in [5.74, 6) is 1.23. The van der Waals surface area contributed by atoms with Crippen LogP contribution in [0.4, 0.5) is 4.79 Å². The summed E-state index contributed by atoms with van der Waals surface area (Å²) >= 11 is 0. The number of fused-ring (bicyclic) bond motifs is 1. The van der Waals surface area contributed by atoms with Gasteiger partial charge in [0.05, 0.1) is 12.7 Å². The molecule has 2 aromatic heterocycles. The second kappa shape index (κ2) is 7.67. The first kappa shape index (κ1) is 19.1. The molecule has 9 nitrogen and oxygen atoms in total. The van der Waals surface area contributed by atoms with Gasteiger partial charge < -0.3 is 14.4 Å². The Morgan fingerprint density at radius 3 is 2.76 bits per heavy atom. The Kier molecular flexibility index (Phi) is 5.06. The highest BCUT2D eigenvalue weighted by molar-refractivity contribution is 5.87. The Morgan fingerprint density at radius 1 is 1.28 bits per heavy atom. The number of imidazole rings is 1. The molecule has 4 rings (SSSR count). The van der Waals surface area contributed by atoms with Crippen molar-refractivity contribution >= 4 is 17.2 Å². The van der Waals surface area contributed by atoms with Crippen LogP contribution in [-0.4, -0.2) is 56.3 Å². The normalized spacial score (nSPS) is 16.5. The number of aromatic nitrogens is 4. The van der Waals surface area contributed by atoms with Crippen LogP contribution < -0.4 is 10.4 Å². The van der Waals surface area contributed by atoms with Gasteiger partial charge in [0.2, 0.25) is 0 Å². The van der Waals surface area contributed by atoms with E-state index in [9.17, 15) is 9.59 Å². The third-order valence-electron chi connectivity index (χ3n) is 5.04. The summed E-state index contributed by atoms with van der Waals surface area (Å²) in [4.78, 5) is 36.0. The number of rotatable bonds is 4. The van der Waals surface area contributed by atoms with Crippen molar-refractivity contribution in [1.29, 1.82) is 0 Å². The molecule has 152 valence electrons. The van der Waals surface area contributed by atoms with E-state index in [0.29, 0.717) is 36.5 Å². The van der Waals surface area contributed by atoms with Crippen LogP contribution in [0.2, 0.25) is 0 Å². The van der Waals surface area contributed by atoms with Gasteiger partial charge in [-0.1, -0.05) is 17.7 Å². The lowest BCUT2D eigenvalue weighted by molar-refractivity contribution is 0.178. The van der Waals surface area contributed by atoms with Gasteiger partial charge in [-0.2, -0.15) is 0 Å². The molecule has 1 aliphatic heterocycles. The van der Waals surface area contributed by atoms with Crippen LogP contribution in [0.5, 0.6) is 5.75 Å².